The van der Waals surface area contributed by atoms with E-state index in [1.807, 2.05) is 31.2 Å². The van der Waals surface area contributed by atoms with Crippen LogP contribution < -0.4 is 10.5 Å². The summed E-state index contributed by atoms with van der Waals surface area (Å²) in [5.41, 5.74) is 6.66. The van der Waals surface area contributed by atoms with Gasteiger partial charge in [-0.3, -0.25) is 0 Å². The summed E-state index contributed by atoms with van der Waals surface area (Å²) in [4.78, 5) is 4.00. The molecule has 0 radical (unpaired) electrons. The van der Waals surface area contributed by atoms with Gasteiger partial charge in [-0.2, -0.15) is 4.37 Å². The quantitative estimate of drug-likeness (QED) is 0.861. The largest absolute Gasteiger partial charge is 0.486 e. The first-order valence-corrected chi connectivity index (χ1v) is 5.29. The normalized spacial score (nSPS) is 10.2. The molecule has 0 fully saturated rings. The van der Waals surface area contributed by atoms with E-state index in [1.165, 1.54) is 17.1 Å². The lowest BCUT2D eigenvalue weighted by Gasteiger charge is -2.03. The van der Waals surface area contributed by atoms with E-state index in [9.17, 15) is 0 Å². The molecule has 0 atom stereocenters. The van der Waals surface area contributed by atoms with Gasteiger partial charge in [0.15, 0.2) is 11.0 Å². The van der Waals surface area contributed by atoms with Crippen molar-refractivity contribution in [3.8, 4) is 5.75 Å². The zero-order chi connectivity index (χ0) is 10.7. The second-order valence-electron chi connectivity index (χ2n) is 3.15. The molecule has 1 aromatic heterocycles. The van der Waals surface area contributed by atoms with E-state index < -0.39 is 0 Å². The van der Waals surface area contributed by atoms with Gasteiger partial charge in [-0.25, -0.2) is 4.98 Å². The number of hydrogen-bond donors (Lipinski definition) is 1. The van der Waals surface area contributed by atoms with Crippen molar-refractivity contribution < 1.29 is 4.74 Å². The smallest absolute Gasteiger partial charge is 0.200 e. The maximum Gasteiger partial charge on any atom is 0.200 e. The van der Waals surface area contributed by atoms with Gasteiger partial charge in [0, 0.05) is 11.5 Å². The van der Waals surface area contributed by atoms with Gasteiger partial charge in [-0.1, -0.05) is 17.7 Å². The Morgan fingerprint density at radius 3 is 2.67 bits per heavy atom. The fraction of sp³-hybridized carbons (Fsp3) is 0.200. The van der Waals surface area contributed by atoms with E-state index in [4.69, 9.17) is 10.5 Å². The van der Waals surface area contributed by atoms with E-state index in [1.54, 1.807) is 0 Å². The predicted molar refractivity (Wildman–Crippen MR) is 59.8 cm³/mol. The number of rotatable bonds is 3. The van der Waals surface area contributed by atoms with E-state index >= 15 is 0 Å². The summed E-state index contributed by atoms with van der Waals surface area (Å²) in [6.07, 6.45) is 0. The fourth-order valence-corrected chi connectivity index (χ4v) is 1.55. The van der Waals surface area contributed by atoms with Crippen LogP contribution in [0.4, 0.5) is 5.13 Å². The highest BCUT2D eigenvalue weighted by Gasteiger charge is 2.01. The summed E-state index contributed by atoms with van der Waals surface area (Å²) >= 11 is 1.18. The molecule has 0 saturated carbocycles. The molecule has 5 heteroatoms. The van der Waals surface area contributed by atoms with Gasteiger partial charge in [0.25, 0.3) is 0 Å². The minimum absolute atomic E-state index is 0.358. The van der Waals surface area contributed by atoms with Gasteiger partial charge < -0.3 is 10.5 Å². The maximum absolute atomic E-state index is 5.49. The molecule has 0 spiro atoms. The van der Waals surface area contributed by atoms with Crippen LogP contribution in [0, 0.1) is 6.92 Å². The van der Waals surface area contributed by atoms with Gasteiger partial charge in [0.2, 0.25) is 0 Å². The first kappa shape index (κ1) is 9.92. The summed E-state index contributed by atoms with van der Waals surface area (Å²) < 4.78 is 9.52. The molecule has 0 aliphatic heterocycles. The number of nitrogens with zero attached hydrogens (tertiary/aromatic N) is 2. The maximum atomic E-state index is 5.49. The average Bonchev–Trinajstić information content (AvgIpc) is 2.64. The highest BCUT2D eigenvalue weighted by molar-refractivity contribution is 7.09. The molecule has 0 unspecified atom stereocenters. The zero-order valence-corrected chi connectivity index (χ0v) is 9.12. The van der Waals surface area contributed by atoms with Crippen LogP contribution in [0.5, 0.6) is 5.75 Å². The molecule has 2 rings (SSSR count). The van der Waals surface area contributed by atoms with Crippen molar-refractivity contribution in [2.45, 2.75) is 13.5 Å². The van der Waals surface area contributed by atoms with E-state index in [0.29, 0.717) is 17.6 Å². The Morgan fingerprint density at radius 1 is 1.33 bits per heavy atom. The van der Waals surface area contributed by atoms with Crippen LogP contribution in [0.2, 0.25) is 0 Å². The van der Waals surface area contributed by atoms with Crippen LogP contribution in [0.3, 0.4) is 0 Å². The van der Waals surface area contributed by atoms with Gasteiger partial charge >= 0.3 is 0 Å². The van der Waals surface area contributed by atoms with Crippen molar-refractivity contribution >= 4 is 16.7 Å². The second-order valence-corrected chi connectivity index (χ2v) is 3.93. The first-order valence-electron chi connectivity index (χ1n) is 4.51. The molecule has 2 aromatic rings. The van der Waals surface area contributed by atoms with Crippen LogP contribution >= 0.6 is 11.5 Å². The molecule has 78 valence electrons. The Hall–Kier alpha value is -1.62. The van der Waals surface area contributed by atoms with Crippen LogP contribution in [-0.4, -0.2) is 9.36 Å². The van der Waals surface area contributed by atoms with Crippen LogP contribution in [0.1, 0.15) is 11.4 Å². The Bertz CT molecular complexity index is 438. The molecule has 0 aliphatic carbocycles. The lowest BCUT2D eigenvalue weighted by molar-refractivity contribution is 0.297. The van der Waals surface area contributed by atoms with E-state index in [-0.39, 0.29) is 0 Å². The number of hydrogen-bond acceptors (Lipinski definition) is 5. The van der Waals surface area contributed by atoms with Gasteiger partial charge in [-0.15, -0.1) is 0 Å². The number of anilines is 1. The van der Waals surface area contributed by atoms with Crippen molar-refractivity contribution in [2.75, 3.05) is 5.73 Å². The number of aryl methyl sites for hydroxylation is 1. The number of aromatic nitrogens is 2. The number of benzene rings is 1. The Labute approximate surface area is 91.9 Å². The SMILES string of the molecule is Cc1ccc(OCc2nsc(N)n2)cc1. The van der Waals surface area contributed by atoms with Crippen molar-refractivity contribution in [3.05, 3.63) is 35.7 Å². The minimum Gasteiger partial charge on any atom is -0.486 e. The van der Waals surface area contributed by atoms with Crippen molar-refractivity contribution in [1.29, 1.82) is 0 Å². The highest BCUT2D eigenvalue weighted by atomic mass is 32.1. The summed E-state index contributed by atoms with van der Waals surface area (Å²) in [6, 6.07) is 7.84. The number of nitrogens with two attached hydrogens (primary N) is 1. The third kappa shape index (κ3) is 2.66. The molecular formula is C10H11N3OS. The minimum atomic E-state index is 0.358. The molecule has 4 nitrogen and oxygen atoms in total. The molecule has 2 N–H and O–H groups in total. The summed E-state index contributed by atoms with van der Waals surface area (Å²) in [6.45, 7) is 2.39. The molecule has 0 aliphatic rings. The predicted octanol–water partition coefficient (Wildman–Crippen LogP) is 2.01. The lowest BCUT2D eigenvalue weighted by atomic mass is 10.2. The van der Waals surface area contributed by atoms with Gasteiger partial charge in [-0.05, 0) is 19.1 Å². The summed E-state index contributed by atoms with van der Waals surface area (Å²) in [5.74, 6) is 1.44. The Morgan fingerprint density at radius 2 is 2.07 bits per heavy atom. The molecule has 0 bridgehead atoms. The van der Waals surface area contributed by atoms with E-state index in [0.717, 1.165) is 5.75 Å². The molecule has 0 saturated heterocycles. The van der Waals surface area contributed by atoms with Crippen molar-refractivity contribution in [3.63, 3.8) is 0 Å². The monoisotopic (exact) mass is 221 g/mol. The van der Waals surface area contributed by atoms with E-state index in [2.05, 4.69) is 9.36 Å². The number of nitrogen functional groups attached to an aromatic ring is 1. The molecule has 1 heterocycles. The Balaban J connectivity index is 1.96. The molecule has 1 aromatic carbocycles. The molecular weight excluding hydrogens is 210 g/mol. The lowest BCUT2D eigenvalue weighted by Crippen LogP contribution is -1.97. The van der Waals surface area contributed by atoms with Crippen LogP contribution in [0.25, 0.3) is 0 Å². The fourth-order valence-electron chi connectivity index (χ4n) is 1.11. The van der Waals surface area contributed by atoms with Crippen LogP contribution in [-0.2, 0) is 6.61 Å². The molecule has 15 heavy (non-hydrogen) atoms. The van der Waals surface area contributed by atoms with Crippen molar-refractivity contribution in [2.24, 2.45) is 0 Å². The summed E-state index contributed by atoms with van der Waals surface area (Å²) in [5, 5.41) is 0.470. The summed E-state index contributed by atoms with van der Waals surface area (Å²) in [7, 11) is 0. The third-order valence-corrected chi connectivity index (χ3v) is 2.45. The van der Waals surface area contributed by atoms with Crippen LogP contribution in [0.15, 0.2) is 24.3 Å². The topological polar surface area (TPSA) is 61.0 Å². The Kier molecular flexibility index (Phi) is 2.82. The number of ether oxygens (including phenoxy) is 1. The van der Waals surface area contributed by atoms with Gasteiger partial charge in [0.1, 0.15) is 12.4 Å². The average molecular weight is 221 g/mol. The van der Waals surface area contributed by atoms with Gasteiger partial charge in [0.05, 0.1) is 0 Å². The standard InChI is InChI=1S/C10H11N3OS/c1-7-2-4-8(5-3-7)14-6-9-12-10(11)15-13-9/h2-5H,6H2,1H3,(H2,11,12,13). The third-order valence-electron chi connectivity index (χ3n) is 1.87. The molecule has 0 amide bonds. The first-order chi connectivity index (χ1) is 7.24. The second kappa shape index (κ2) is 4.27. The van der Waals surface area contributed by atoms with Crippen molar-refractivity contribution in [1.82, 2.24) is 9.36 Å². The zero-order valence-electron chi connectivity index (χ0n) is 8.30. The highest BCUT2D eigenvalue weighted by Crippen LogP contribution is 2.13.